The third kappa shape index (κ3) is 2.97. The second-order valence-electron chi connectivity index (χ2n) is 3.90. The fourth-order valence-electron chi connectivity index (χ4n) is 1.66. The van der Waals surface area contributed by atoms with Crippen molar-refractivity contribution < 1.29 is 4.74 Å². The first-order valence-corrected chi connectivity index (χ1v) is 5.66. The fraction of sp³-hybridized carbons (Fsp3) is 0.286. The Labute approximate surface area is 96.4 Å². The van der Waals surface area contributed by atoms with Crippen molar-refractivity contribution in [3.05, 3.63) is 53.6 Å². The Morgan fingerprint density at radius 3 is 2.56 bits per heavy atom. The molecule has 2 N–H and O–H groups in total. The first-order chi connectivity index (χ1) is 7.88. The molecular weight excluding hydrogens is 198 g/mol. The summed E-state index contributed by atoms with van der Waals surface area (Å²) in [6.07, 6.45) is 8.83. The minimum atomic E-state index is 0.578. The molecule has 0 spiro atoms. The van der Waals surface area contributed by atoms with E-state index in [-0.39, 0.29) is 0 Å². The van der Waals surface area contributed by atoms with Gasteiger partial charge in [-0.3, -0.25) is 0 Å². The molecule has 0 fully saturated rings. The highest BCUT2D eigenvalue weighted by molar-refractivity contribution is 5.29. The lowest BCUT2D eigenvalue weighted by atomic mass is 10.1. The average Bonchev–Trinajstić information content (AvgIpc) is 2.38. The van der Waals surface area contributed by atoms with Crippen molar-refractivity contribution in [3.63, 3.8) is 0 Å². The molecule has 0 radical (unpaired) electrons. The molecule has 0 unspecified atom stereocenters. The van der Waals surface area contributed by atoms with Crippen LogP contribution in [0.3, 0.4) is 0 Å². The Kier molecular flexibility index (Phi) is 3.78. The first kappa shape index (κ1) is 11.0. The minimum absolute atomic E-state index is 0.578. The SMILES string of the molecule is NCc1ccc(OCC2=CCCC=C2)cc1. The monoisotopic (exact) mass is 215 g/mol. The number of hydrogen-bond acceptors (Lipinski definition) is 2. The molecule has 0 saturated carbocycles. The number of allylic oxidation sites excluding steroid dienone is 2. The van der Waals surface area contributed by atoms with Gasteiger partial charge in [0, 0.05) is 6.54 Å². The van der Waals surface area contributed by atoms with E-state index >= 15 is 0 Å². The maximum atomic E-state index is 5.68. The standard InChI is InChI=1S/C14H17NO/c15-10-12-6-8-14(9-7-12)16-11-13-4-2-1-3-5-13/h2,4-9H,1,3,10-11,15H2. The van der Waals surface area contributed by atoms with E-state index in [2.05, 4.69) is 18.2 Å². The molecule has 84 valence electrons. The van der Waals surface area contributed by atoms with E-state index in [9.17, 15) is 0 Å². The van der Waals surface area contributed by atoms with Crippen molar-refractivity contribution in [1.82, 2.24) is 0 Å². The van der Waals surface area contributed by atoms with E-state index in [4.69, 9.17) is 10.5 Å². The second kappa shape index (κ2) is 5.52. The molecule has 1 aromatic rings. The fourth-order valence-corrected chi connectivity index (χ4v) is 1.66. The van der Waals surface area contributed by atoms with E-state index < -0.39 is 0 Å². The molecule has 2 rings (SSSR count). The predicted molar refractivity (Wildman–Crippen MR) is 66.3 cm³/mol. The highest BCUT2D eigenvalue weighted by Gasteiger charge is 1.99. The lowest BCUT2D eigenvalue weighted by Gasteiger charge is -2.09. The number of rotatable bonds is 4. The number of nitrogens with two attached hydrogens (primary N) is 1. The Hall–Kier alpha value is -1.54. The normalized spacial score (nSPS) is 14.7. The van der Waals surface area contributed by atoms with Gasteiger partial charge in [-0.2, -0.15) is 0 Å². The van der Waals surface area contributed by atoms with Crippen LogP contribution in [-0.4, -0.2) is 6.61 Å². The third-order valence-electron chi connectivity index (χ3n) is 2.64. The highest BCUT2D eigenvalue weighted by Crippen LogP contribution is 2.15. The quantitative estimate of drug-likeness (QED) is 0.838. The van der Waals surface area contributed by atoms with Gasteiger partial charge in [0.25, 0.3) is 0 Å². The van der Waals surface area contributed by atoms with E-state index in [1.54, 1.807) is 0 Å². The van der Waals surface area contributed by atoms with E-state index in [0.717, 1.165) is 24.2 Å². The van der Waals surface area contributed by atoms with Gasteiger partial charge >= 0.3 is 0 Å². The molecule has 0 bridgehead atoms. The summed E-state index contributed by atoms with van der Waals surface area (Å²) >= 11 is 0. The predicted octanol–water partition coefficient (Wildman–Crippen LogP) is 2.80. The van der Waals surface area contributed by atoms with Crippen molar-refractivity contribution in [2.75, 3.05) is 6.61 Å². The molecule has 0 aromatic heterocycles. The Bertz CT molecular complexity index is 390. The van der Waals surface area contributed by atoms with Crippen molar-refractivity contribution in [1.29, 1.82) is 0 Å². The summed E-state index contributed by atoms with van der Waals surface area (Å²) in [5.41, 5.74) is 7.92. The van der Waals surface area contributed by atoms with Crippen LogP contribution < -0.4 is 10.5 Å². The Morgan fingerprint density at radius 2 is 1.94 bits per heavy atom. The van der Waals surface area contributed by atoms with Crippen molar-refractivity contribution in [2.24, 2.45) is 5.73 Å². The van der Waals surface area contributed by atoms with Gasteiger partial charge in [-0.1, -0.05) is 30.4 Å². The van der Waals surface area contributed by atoms with Gasteiger partial charge in [0.05, 0.1) is 0 Å². The first-order valence-electron chi connectivity index (χ1n) is 5.66. The second-order valence-corrected chi connectivity index (χ2v) is 3.90. The molecular formula is C14H17NO. The van der Waals surface area contributed by atoms with Gasteiger partial charge in [0.2, 0.25) is 0 Å². The smallest absolute Gasteiger partial charge is 0.119 e. The number of hydrogen-bond donors (Lipinski definition) is 1. The van der Waals surface area contributed by atoms with Crippen LogP contribution in [0.15, 0.2) is 48.1 Å². The van der Waals surface area contributed by atoms with Gasteiger partial charge in [-0.25, -0.2) is 0 Å². The number of ether oxygens (including phenoxy) is 1. The topological polar surface area (TPSA) is 35.2 Å². The summed E-state index contributed by atoms with van der Waals surface area (Å²) in [4.78, 5) is 0. The zero-order chi connectivity index (χ0) is 11.2. The highest BCUT2D eigenvalue weighted by atomic mass is 16.5. The Morgan fingerprint density at radius 1 is 1.12 bits per heavy atom. The average molecular weight is 215 g/mol. The van der Waals surface area contributed by atoms with Crippen LogP contribution >= 0.6 is 0 Å². The van der Waals surface area contributed by atoms with Crippen LogP contribution in [0, 0.1) is 0 Å². The molecule has 0 heterocycles. The zero-order valence-electron chi connectivity index (χ0n) is 9.36. The van der Waals surface area contributed by atoms with Crippen LogP contribution in [0.5, 0.6) is 5.75 Å². The van der Waals surface area contributed by atoms with E-state index in [1.165, 1.54) is 5.57 Å². The van der Waals surface area contributed by atoms with E-state index in [1.807, 2.05) is 24.3 Å². The third-order valence-corrected chi connectivity index (χ3v) is 2.64. The van der Waals surface area contributed by atoms with Crippen LogP contribution in [0.1, 0.15) is 18.4 Å². The molecule has 2 heteroatoms. The van der Waals surface area contributed by atoms with Gasteiger partial charge in [0.15, 0.2) is 0 Å². The lowest BCUT2D eigenvalue weighted by molar-refractivity contribution is 0.354. The molecule has 1 aromatic carbocycles. The lowest BCUT2D eigenvalue weighted by Crippen LogP contribution is -2.01. The summed E-state index contributed by atoms with van der Waals surface area (Å²) in [5.74, 6) is 0.900. The molecule has 0 aliphatic heterocycles. The maximum absolute atomic E-state index is 5.68. The summed E-state index contributed by atoms with van der Waals surface area (Å²) in [7, 11) is 0. The summed E-state index contributed by atoms with van der Waals surface area (Å²) in [6, 6.07) is 7.94. The van der Waals surface area contributed by atoms with Gasteiger partial charge in [-0.05, 0) is 36.1 Å². The van der Waals surface area contributed by atoms with Crippen LogP contribution in [0.2, 0.25) is 0 Å². The van der Waals surface area contributed by atoms with Crippen LogP contribution in [0.4, 0.5) is 0 Å². The zero-order valence-corrected chi connectivity index (χ0v) is 9.36. The number of benzene rings is 1. The van der Waals surface area contributed by atoms with Crippen molar-refractivity contribution in [2.45, 2.75) is 19.4 Å². The molecule has 16 heavy (non-hydrogen) atoms. The Balaban J connectivity index is 1.89. The molecule has 0 amide bonds. The molecule has 2 nitrogen and oxygen atoms in total. The van der Waals surface area contributed by atoms with E-state index in [0.29, 0.717) is 13.2 Å². The van der Waals surface area contributed by atoms with Gasteiger partial charge < -0.3 is 10.5 Å². The van der Waals surface area contributed by atoms with Gasteiger partial charge in [0.1, 0.15) is 12.4 Å². The van der Waals surface area contributed by atoms with Crippen LogP contribution in [-0.2, 0) is 6.54 Å². The van der Waals surface area contributed by atoms with Crippen molar-refractivity contribution >= 4 is 0 Å². The molecule has 1 aliphatic rings. The van der Waals surface area contributed by atoms with Gasteiger partial charge in [-0.15, -0.1) is 0 Å². The molecule has 1 aliphatic carbocycles. The van der Waals surface area contributed by atoms with Crippen molar-refractivity contribution in [3.8, 4) is 5.75 Å². The summed E-state index contributed by atoms with van der Waals surface area (Å²) < 4.78 is 5.68. The maximum Gasteiger partial charge on any atom is 0.119 e. The summed E-state index contributed by atoms with van der Waals surface area (Å²) in [5, 5.41) is 0. The molecule has 0 saturated heterocycles. The summed E-state index contributed by atoms with van der Waals surface area (Å²) in [6.45, 7) is 1.23. The minimum Gasteiger partial charge on any atom is -0.489 e. The molecule has 0 atom stereocenters. The largest absolute Gasteiger partial charge is 0.489 e. The van der Waals surface area contributed by atoms with Crippen LogP contribution in [0.25, 0.3) is 0 Å².